The van der Waals surface area contributed by atoms with Crippen LogP contribution in [-0.4, -0.2) is 60.7 Å². The van der Waals surface area contributed by atoms with Crippen LogP contribution in [0.5, 0.6) is 0 Å². The van der Waals surface area contributed by atoms with Crippen LogP contribution in [0, 0.1) is 17.6 Å². The highest BCUT2D eigenvalue weighted by Gasteiger charge is 2.29. The summed E-state index contributed by atoms with van der Waals surface area (Å²) >= 11 is 0. The SMILES string of the molecule is CN(C[C@H](O)CNC(C)(C)CC1Cc2ccccc2C1)S(=O)(=O)c1ccc(-c2ccc(CCC(=O)O)c(F)c2)c(F)c1. The van der Waals surface area contributed by atoms with Crippen molar-refractivity contribution in [2.75, 3.05) is 20.1 Å². The Morgan fingerprint density at radius 3 is 2.31 bits per heavy atom. The van der Waals surface area contributed by atoms with Crippen molar-refractivity contribution >= 4 is 16.0 Å². The first-order valence-electron chi connectivity index (χ1n) is 14.0. The van der Waals surface area contributed by atoms with Gasteiger partial charge in [-0.15, -0.1) is 0 Å². The third-order valence-corrected chi connectivity index (χ3v) is 9.66. The van der Waals surface area contributed by atoms with Crippen molar-refractivity contribution < 1.29 is 32.2 Å². The smallest absolute Gasteiger partial charge is 0.303 e. The molecule has 0 aliphatic heterocycles. The first-order chi connectivity index (χ1) is 19.7. The van der Waals surface area contributed by atoms with Gasteiger partial charge in [0.05, 0.1) is 11.0 Å². The summed E-state index contributed by atoms with van der Waals surface area (Å²) in [6.07, 6.45) is 1.73. The maximum atomic E-state index is 15.0. The van der Waals surface area contributed by atoms with Gasteiger partial charge in [0.2, 0.25) is 10.0 Å². The highest BCUT2D eigenvalue weighted by atomic mass is 32.2. The Hall–Kier alpha value is -3.18. The Labute approximate surface area is 246 Å². The van der Waals surface area contributed by atoms with E-state index in [0.29, 0.717) is 5.92 Å². The molecule has 0 spiro atoms. The number of fused-ring (bicyclic) bond motifs is 1. The van der Waals surface area contributed by atoms with Crippen LogP contribution >= 0.6 is 0 Å². The predicted octanol–water partition coefficient (Wildman–Crippen LogP) is 4.80. The molecule has 226 valence electrons. The Morgan fingerprint density at radius 2 is 1.71 bits per heavy atom. The van der Waals surface area contributed by atoms with Gasteiger partial charge in [0.25, 0.3) is 0 Å². The van der Waals surface area contributed by atoms with Crippen LogP contribution in [0.4, 0.5) is 8.78 Å². The highest BCUT2D eigenvalue weighted by Crippen LogP contribution is 2.32. The lowest BCUT2D eigenvalue weighted by molar-refractivity contribution is -0.136. The molecule has 1 atom stereocenters. The van der Waals surface area contributed by atoms with E-state index in [1.807, 2.05) is 0 Å². The topological polar surface area (TPSA) is 107 Å². The molecule has 3 N–H and O–H groups in total. The van der Waals surface area contributed by atoms with Crippen LogP contribution in [-0.2, 0) is 34.1 Å². The number of carboxylic acid groups (broad SMARTS) is 1. The van der Waals surface area contributed by atoms with Gasteiger partial charge in [-0.2, -0.15) is 4.31 Å². The predicted molar refractivity (Wildman–Crippen MR) is 158 cm³/mol. The van der Waals surface area contributed by atoms with E-state index in [2.05, 4.69) is 43.4 Å². The molecule has 0 radical (unpaired) electrons. The summed E-state index contributed by atoms with van der Waals surface area (Å²) in [5.41, 5.74) is 2.91. The van der Waals surface area contributed by atoms with Crippen LogP contribution in [0.25, 0.3) is 11.1 Å². The molecule has 7 nitrogen and oxygen atoms in total. The molecule has 1 aliphatic carbocycles. The molecule has 0 unspecified atom stereocenters. The van der Waals surface area contributed by atoms with E-state index >= 15 is 4.39 Å². The summed E-state index contributed by atoms with van der Waals surface area (Å²) in [7, 11) is -2.78. The fourth-order valence-corrected chi connectivity index (χ4v) is 6.89. The molecule has 3 aromatic rings. The number of benzene rings is 3. The molecule has 1 aliphatic rings. The number of aliphatic carboxylic acids is 1. The Morgan fingerprint density at radius 1 is 1.05 bits per heavy atom. The normalized spacial score (nSPS) is 14.7. The number of hydrogen-bond acceptors (Lipinski definition) is 5. The highest BCUT2D eigenvalue weighted by molar-refractivity contribution is 7.89. The number of hydrogen-bond donors (Lipinski definition) is 3. The average Bonchev–Trinajstić information content (AvgIpc) is 3.32. The minimum Gasteiger partial charge on any atom is -0.481 e. The molecular formula is C32H38F2N2O5S. The van der Waals surface area contributed by atoms with Crippen molar-refractivity contribution in [3.05, 3.63) is 89.0 Å². The molecule has 0 fully saturated rings. The third-order valence-electron chi connectivity index (χ3n) is 7.84. The molecule has 0 aromatic heterocycles. The van der Waals surface area contributed by atoms with E-state index < -0.39 is 33.7 Å². The van der Waals surface area contributed by atoms with E-state index in [1.165, 1.54) is 42.4 Å². The van der Waals surface area contributed by atoms with Crippen molar-refractivity contribution in [3.8, 4) is 11.1 Å². The summed E-state index contributed by atoms with van der Waals surface area (Å²) in [6, 6.07) is 15.8. The molecule has 0 saturated heterocycles. The molecule has 0 bridgehead atoms. The van der Waals surface area contributed by atoms with E-state index in [0.717, 1.165) is 35.7 Å². The number of halogens is 2. The van der Waals surface area contributed by atoms with Gasteiger partial charge >= 0.3 is 5.97 Å². The summed E-state index contributed by atoms with van der Waals surface area (Å²) in [6.45, 7) is 4.15. The first-order valence-corrected chi connectivity index (χ1v) is 15.5. The minimum atomic E-state index is -4.11. The third kappa shape index (κ3) is 7.80. The van der Waals surface area contributed by atoms with Crippen molar-refractivity contribution in [2.24, 2.45) is 5.92 Å². The van der Waals surface area contributed by atoms with Crippen molar-refractivity contribution in [1.82, 2.24) is 9.62 Å². The number of sulfonamides is 1. The van der Waals surface area contributed by atoms with E-state index in [9.17, 15) is 22.7 Å². The molecule has 0 heterocycles. The number of carboxylic acids is 1. The summed E-state index contributed by atoms with van der Waals surface area (Å²) < 4.78 is 56.8. The van der Waals surface area contributed by atoms with Crippen molar-refractivity contribution in [3.63, 3.8) is 0 Å². The Balaban J connectivity index is 1.34. The zero-order valence-corrected chi connectivity index (χ0v) is 24.9. The number of nitrogens with one attached hydrogen (secondary N) is 1. The second-order valence-corrected chi connectivity index (χ2v) is 13.8. The first kappa shape index (κ1) is 31.7. The van der Waals surface area contributed by atoms with Crippen molar-refractivity contribution in [1.29, 1.82) is 0 Å². The number of aliphatic hydroxyl groups is 1. The molecule has 42 heavy (non-hydrogen) atoms. The van der Waals surface area contributed by atoms with Crippen LogP contribution in [0.3, 0.4) is 0 Å². The van der Waals surface area contributed by atoms with Crippen LogP contribution in [0.15, 0.2) is 65.6 Å². The zero-order valence-electron chi connectivity index (χ0n) is 24.1. The molecule has 3 aromatic carbocycles. The Kier molecular flexibility index (Phi) is 9.82. The fourth-order valence-electron chi connectivity index (χ4n) is 5.67. The van der Waals surface area contributed by atoms with Crippen LogP contribution < -0.4 is 5.32 Å². The van der Waals surface area contributed by atoms with Gasteiger partial charge in [-0.3, -0.25) is 4.79 Å². The number of carbonyl (C=O) groups is 1. The lowest BCUT2D eigenvalue weighted by Crippen LogP contribution is -2.47. The van der Waals surface area contributed by atoms with E-state index in [1.54, 1.807) is 0 Å². The lowest BCUT2D eigenvalue weighted by atomic mass is 9.88. The summed E-state index contributed by atoms with van der Waals surface area (Å²) in [4.78, 5) is 10.5. The standard InChI is InChI=1S/C32H38F2N2O5S/c1-32(2,18-21-14-23-6-4-5-7-24(23)15-21)35-19-26(37)20-36(3)42(40,41)27-11-12-28(30(34)17-27)25-9-8-22(29(33)16-25)10-13-31(38)39/h4-9,11-12,16-17,21,26,35,37H,10,13-15,18-20H2,1-3H3,(H,38,39)/t26-/m1/s1. The van der Waals surface area contributed by atoms with Crippen LogP contribution in [0.2, 0.25) is 0 Å². The van der Waals surface area contributed by atoms with Crippen molar-refractivity contribution in [2.45, 2.75) is 62.5 Å². The second kappa shape index (κ2) is 13.0. The fraction of sp³-hybridized carbons (Fsp3) is 0.406. The second-order valence-electron chi connectivity index (χ2n) is 11.8. The van der Waals surface area contributed by atoms with E-state index in [-0.39, 0.29) is 53.1 Å². The van der Waals surface area contributed by atoms with Gasteiger partial charge in [-0.1, -0.05) is 42.5 Å². The van der Waals surface area contributed by atoms with Gasteiger partial charge in [0.1, 0.15) is 11.6 Å². The molecular weight excluding hydrogens is 562 g/mol. The summed E-state index contributed by atoms with van der Waals surface area (Å²) in [5.74, 6) is -2.07. The molecule has 4 rings (SSSR count). The maximum absolute atomic E-state index is 15.0. The number of likely N-dealkylation sites (N-methyl/N-ethyl adjacent to an activating group) is 1. The number of aryl methyl sites for hydroxylation is 1. The molecule has 0 amide bonds. The number of nitrogens with zero attached hydrogens (tertiary/aromatic N) is 1. The molecule has 0 saturated carbocycles. The zero-order chi connectivity index (χ0) is 30.7. The number of β-amino-alcohol motifs (C(OH)–C–C–N with tert-alkyl or cyclic N) is 1. The van der Waals surface area contributed by atoms with Gasteiger partial charge in [0.15, 0.2) is 0 Å². The van der Waals surface area contributed by atoms with E-state index in [4.69, 9.17) is 5.11 Å². The monoisotopic (exact) mass is 600 g/mol. The Bertz CT molecular complexity index is 1520. The van der Waals surface area contributed by atoms with Gasteiger partial charge in [-0.05, 0) is 85.9 Å². The minimum absolute atomic E-state index is 0.00161. The van der Waals surface area contributed by atoms with Gasteiger partial charge in [0, 0.05) is 37.7 Å². The van der Waals surface area contributed by atoms with Crippen LogP contribution in [0.1, 0.15) is 43.4 Å². The number of rotatable bonds is 13. The summed E-state index contributed by atoms with van der Waals surface area (Å²) in [5, 5.41) is 22.8. The maximum Gasteiger partial charge on any atom is 0.303 e. The molecule has 10 heteroatoms. The number of aliphatic hydroxyl groups excluding tert-OH is 1. The quantitative estimate of drug-likeness (QED) is 0.260. The van der Waals surface area contributed by atoms with Gasteiger partial charge < -0.3 is 15.5 Å². The largest absolute Gasteiger partial charge is 0.481 e. The average molecular weight is 601 g/mol. The van der Waals surface area contributed by atoms with Gasteiger partial charge in [-0.25, -0.2) is 17.2 Å². The lowest BCUT2D eigenvalue weighted by Gasteiger charge is -2.31.